The summed E-state index contributed by atoms with van der Waals surface area (Å²) in [5.41, 5.74) is 6.25. The number of rotatable bonds is 4. The first-order valence-corrected chi connectivity index (χ1v) is 8.73. The summed E-state index contributed by atoms with van der Waals surface area (Å²) in [4.78, 5) is 0.198. The van der Waals surface area contributed by atoms with Crippen molar-refractivity contribution in [3.8, 4) is 0 Å². The highest BCUT2D eigenvalue weighted by Crippen LogP contribution is 2.25. The van der Waals surface area contributed by atoms with Crippen molar-refractivity contribution in [1.29, 1.82) is 0 Å². The summed E-state index contributed by atoms with van der Waals surface area (Å²) in [6.07, 6.45) is 0. The van der Waals surface area contributed by atoms with Gasteiger partial charge in [0.1, 0.15) is 4.99 Å². The highest BCUT2D eigenvalue weighted by atomic mass is 79.9. The smallest absolute Gasteiger partial charge is 0.261 e. The fourth-order valence-electron chi connectivity index (χ4n) is 1.65. The van der Waals surface area contributed by atoms with E-state index in [2.05, 4.69) is 20.7 Å². The van der Waals surface area contributed by atoms with Crippen molar-refractivity contribution in [2.45, 2.75) is 4.90 Å². The average molecular weight is 406 g/mol. The standard InChI is InChI=1S/C13H10BrClN2O2S2/c14-8-2-1-3-10(6-8)21(18,19)17-12-7-9(15)4-5-11(12)13(16)20/h1-7,17H,(H2,16,20). The molecule has 2 aromatic rings. The van der Waals surface area contributed by atoms with Gasteiger partial charge in [0.15, 0.2) is 0 Å². The number of nitrogens with two attached hydrogens (primary N) is 1. The Balaban J connectivity index is 2.46. The summed E-state index contributed by atoms with van der Waals surface area (Å²) < 4.78 is 27.9. The van der Waals surface area contributed by atoms with Gasteiger partial charge in [-0.3, -0.25) is 4.72 Å². The molecule has 0 amide bonds. The second-order valence-electron chi connectivity index (χ2n) is 4.12. The maximum absolute atomic E-state index is 12.4. The van der Waals surface area contributed by atoms with E-state index in [1.165, 1.54) is 18.2 Å². The van der Waals surface area contributed by atoms with Crippen molar-refractivity contribution < 1.29 is 8.42 Å². The maximum atomic E-state index is 12.4. The van der Waals surface area contributed by atoms with Gasteiger partial charge in [-0.15, -0.1) is 0 Å². The lowest BCUT2D eigenvalue weighted by molar-refractivity contribution is 0.601. The molecule has 3 N–H and O–H groups in total. The predicted octanol–water partition coefficient (Wildman–Crippen LogP) is 3.54. The highest BCUT2D eigenvalue weighted by molar-refractivity contribution is 9.10. The van der Waals surface area contributed by atoms with Crippen LogP contribution in [0.5, 0.6) is 0 Å². The molecule has 0 fully saturated rings. The monoisotopic (exact) mass is 404 g/mol. The van der Waals surface area contributed by atoms with E-state index in [0.717, 1.165) is 0 Å². The minimum Gasteiger partial charge on any atom is -0.389 e. The fourth-order valence-corrected chi connectivity index (χ4v) is 3.67. The van der Waals surface area contributed by atoms with Gasteiger partial charge >= 0.3 is 0 Å². The van der Waals surface area contributed by atoms with Crippen LogP contribution in [0, 0.1) is 0 Å². The Morgan fingerprint density at radius 3 is 2.57 bits per heavy atom. The van der Waals surface area contributed by atoms with Gasteiger partial charge in [-0.05, 0) is 36.4 Å². The van der Waals surface area contributed by atoms with Crippen molar-refractivity contribution >= 4 is 60.4 Å². The Morgan fingerprint density at radius 1 is 1.24 bits per heavy atom. The average Bonchev–Trinajstić information content (AvgIpc) is 2.38. The van der Waals surface area contributed by atoms with Crippen LogP contribution in [-0.2, 0) is 10.0 Å². The Morgan fingerprint density at radius 2 is 1.95 bits per heavy atom. The van der Waals surface area contributed by atoms with E-state index in [0.29, 0.717) is 15.1 Å². The van der Waals surface area contributed by atoms with E-state index in [-0.39, 0.29) is 15.6 Å². The minimum absolute atomic E-state index is 0.0820. The molecule has 0 unspecified atom stereocenters. The summed E-state index contributed by atoms with van der Waals surface area (Å²) in [5.74, 6) is 0. The molecule has 0 heterocycles. The number of thiocarbonyl (C=S) groups is 1. The molecule has 0 saturated carbocycles. The van der Waals surface area contributed by atoms with Crippen LogP contribution in [0.4, 0.5) is 5.69 Å². The Kier molecular flexibility index (Phi) is 4.88. The molecular formula is C13H10BrClN2O2S2. The first-order chi connectivity index (χ1) is 9.79. The molecule has 2 aromatic carbocycles. The van der Waals surface area contributed by atoms with E-state index in [4.69, 9.17) is 29.6 Å². The largest absolute Gasteiger partial charge is 0.389 e. The number of halogens is 2. The molecule has 0 aliphatic rings. The molecule has 110 valence electrons. The number of hydrogen-bond acceptors (Lipinski definition) is 3. The van der Waals surface area contributed by atoms with E-state index < -0.39 is 10.0 Å². The zero-order valence-corrected chi connectivity index (χ0v) is 14.5. The summed E-state index contributed by atoms with van der Waals surface area (Å²) in [6.45, 7) is 0. The van der Waals surface area contributed by atoms with Crippen LogP contribution in [0.2, 0.25) is 5.02 Å². The van der Waals surface area contributed by atoms with Crippen molar-refractivity contribution in [2.24, 2.45) is 5.73 Å². The maximum Gasteiger partial charge on any atom is 0.261 e. The van der Waals surface area contributed by atoms with Crippen LogP contribution in [0.15, 0.2) is 51.8 Å². The molecule has 0 spiro atoms. The number of anilines is 1. The Bertz CT molecular complexity index is 810. The molecule has 4 nitrogen and oxygen atoms in total. The lowest BCUT2D eigenvalue weighted by Crippen LogP contribution is -2.18. The van der Waals surface area contributed by atoms with Crippen molar-refractivity contribution in [1.82, 2.24) is 0 Å². The zero-order valence-electron chi connectivity index (χ0n) is 10.5. The number of nitrogens with one attached hydrogen (secondary N) is 1. The van der Waals surface area contributed by atoms with Crippen LogP contribution in [-0.4, -0.2) is 13.4 Å². The number of benzene rings is 2. The molecule has 21 heavy (non-hydrogen) atoms. The molecule has 0 bridgehead atoms. The second kappa shape index (κ2) is 6.31. The van der Waals surface area contributed by atoms with Crippen molar-refractivity contribution in [2.75, 3.05) is 4.72 Å². The number of sulfonamides is 1. The van der Waals surface area contributed by atoms with Crippen LogP contribution in [0.3, 0.4) is 0 Å². The molecule has 0 aliphatic heterocycles. The van der Waals surface area contributed by atoms with Gasteiger partial charge in [-0.1, -0.05) is 45.8 Å². The van der Waals surface area contributed by atoms with Crippen LogP contribution < -0.4 is 10.5 Å². The van der Waals surface area contributed by atoms with Crippen molar-refractivity contribution in [3.63, 3.8) is 0 Å². The van der Waals surface area contributed by atoms with Gasteiger partial charge in [-0.25, -0.2) is 8.42 Å². The fraction of sp³-hybridized carbons (Fsp3) is 0. The quantitative estimate of drug-likeness (QED) is 0.763. The summed E-state index contributed by atoms with van der Waals surface area (Å²) in [7, 11) is -3.76. The van der Waals surface area contributed by atoms with Gasteiger partial charge in [0.05, 0.1) is 10.6 Å². The van der Waals surface area contributed by atoms with Crippen LogP contribution in [0.25, 0.3) is 0 Å². The van der Waals surface area contributed by atoms with E-state index >= 15 is 0 Å². The van der Waals surface area contributed by atoms with Crippen molar-refractivity contribution in [3.05, 3.63) is 57.5 Å². The van der Waals surface area contributed by atoms with Gasteiger partial charge < -0.3 is 5.73 Å². The van der Waals surface area contributed by atoms with Gasteiger partial charge in [0, 0.05) is 15.1 Å². The third-order valence-electron chi connectivity index (χ3n) is 2.60. The van der Waals surface area contributed by atoms with Gasteiger partial charge in [-0.2, -0.15) is 0 Å². The molecule has 0 saturated heterocycles. The predicted molar refractivity (Wildman–Crippen MR) is 92.3 cm³/mol. The molecule has 0 atom stereocenters. The number of hydrogen-bond donors (Lipinski definition) is 2. The normalized spacial score (nSPS) is 11.1. The van der Waals surface area contributed by atoms with E-state index in [9.17, 15) is 8.42 Å². The molecule has 0 aromatic heterocycles. The molecule has 0 aliphatic carbocycles. The Labute approximate surface area is 141 Å². The lowest BCUT2D eigenvalue weighted by atomic mass is 10.2. The van der Waals surface area contributed by atoms with Gasteiger partial charge in [0.2, 0.25) is 0 Å². The first-order valence-electron chi connectivity index (χ1n) is 5.67. The topological polar surface area (TPSA) is 72.2 Å². The van der Waals surface area contributed by atoms with E-state index in [1.54, 1.807) is 24.3 Å². The molecular weight excluding hydrogens is 396 g/mol. The third-order valence-corrected chi connectivity index (χ3v) is 4.91. The highest BCUT2D eigenvalue weighted by Gasteiger charge is 2.17. The SMILES string of the molecule is NC(=S)c1ccc(Cl)cc1NS(=O)(=O)c1cccc(Br)c1. The van der Waals surface area contributed by atoms with E-state index in [1.807, 2.05) is 0 Å². The minimum atomic E-state index is -3.76. The molecule has 8 heteroatoms. The summed E-state index contributed by atoms with van der Waals surface area (Å²) >= 11 is 14.0. The second-order valence-corrected chi connectivity index (χ2v) is 7.59. The van der Waals surface area contributed by atoms with Crippen LogP contribution >= 0.6 is 39.7 Å². The summed E-state index contributed by atoms with van der Waals surface area (Å²) in [5, 5.41) is 0.377. The van der Waals surface area contributed by atoms with Gasteiger partial charge in [0.25, 0.3) is 10.0 Å². The zero-order chi connectivity index (χ0) is 15.6. The molecule has 2 rings (SSSR count). The summed E-state index contributed by atoms with van der Waals surface area (Å²) in [6, 6.07) is 11.0. The molecule has 0 radical (unpaired) electrons. The Hall–Kier alpha value is -1.15. The lowest BCUT2D eigenvalue weighted by Gasteiger charge is -2.12. The van der Waals surface area contributed by atoms with Crippen LogP contribution in [0.1, 0.15) is 5.56 Å². The third kappa shape index (κ3) is 3.94. The first kappa shape index (κ1) is 16.2.